The van der Waals surface area contributed by atoms with Crippen LogP contribution in [-0.2, 0) is 20.9 Å². The average Bonchev–Trinajstić information content (AvgIpc) is 2.74. The van der Waals surface area contributed by atoms with Gasteiger partial charge in [0, 0.05) is 29.6 Å². The van der Waals surface area contributed by atoms with Gasteiger partial charge in [-0.3, -0.25) is 9.59 Å². The summed E-state index contributed by atoms with van der Waals surface area (Å²) in [5.74, 6) is -0.753. The topological polar surface area (TPSA) is 85.6 Å². The number of ether oxygens (including phenoxy) is 1. The van der Waals surface area contributed by atoms with Crippen molar-refractivity contribution in [2.24, 2.45) is 0 Å². The van der Waals surface area contributed by atoms with E-state index < -0.39 is 11.6 Å². The van der Waals surface area contributed by atoms with Gasteiger partial charge in [0.15, 0.2) is 0 Å². The van der Waals surface area contributed by atoms with Crippen molar-refractivity contribution in [2.75, 3.05) is 6.54 Å². The summed E-state index contributed by atoms with van der Waals surface area (Å²) < 4.78 is 10.6. The minimum absolute atomic E-state index is 0.0302. The molecule has 3 aromatic rings. The predicted molar refractivity (Wildman–Crippen MR) is 115 cm³/mol. The van der Waals surface area contributed by atoms with E-state index in [0.29, 0.717) is 11.1 Å². The van der Waals surface area contributed by atoms with Crippen LogP contribution in [0.25, 0.3) is 17.0 Å². The monoisotopic (exact) mass is 405 g/mol. The first kappa shape index (κ1) is 21.0. The lowest BCUT2D eigenvalue weighted by atomic mass is 10.0. The van der Waals surface area contributed by atoms with Crippen molar-refractivity contribution in [3.63, 3.8) is 0 Å². The van der Waals surface area contributed by atoms with Crippen molar-refractivity contribution >= 4 is 28.9 Å². The standard InChI is InChI=1S/C24H23NO5/c1-16-8-10-20-19(14-23(28)30-24(20)17(16)2)15-29-22(27)12-13-25-21(26)11-9-18-6-4-3-5-7-18/h3-11,14H,12-13,15H2,1-2H3,(H,25,26)/b11-9+. The molecule has 0 saturated carbocycles. The van der Waals surface area contributed by atoms with Gasteiger partial charge >= 0.3 is 11.6 Å². The molecule has 6 heteroatoms. The molecule has 0 atom stereocenters. The zero-order chi connectivity index (χ0) is 21.5. The maximum atomic E-state index is 12.0. The van der Waals surface area contributed by atoms with Crippen LogP contribution >= 0.6 is 0 Å². The van der Waals surface area contributed by atoms with Crippen LogP contribution in [0.1, 0.15) is 28.7 Å². The molecule has 154 valence electrons. The Labute approximate surface area is 174 Å². The molecule has 1 heterocycles. The van der Waals surface area contributed by atoms with E-state index in [0.717, 1.165) is 22.1 Å². The predicted octanol–water partition coefficient (Wildman–Crippen LogP) is 3.67. The first-order chi connectivity index (χ1) is 14.4. The molecular formula is C24H23NO5. The van der Waals surface area contributed by atoms with Gasteiger partial charge in [-0.05, 0) is 36.6 Å². The summed E-state index contributed by atoms with van der Waals surface area (Å²) in [4.78, 5) is 35.7. The van der Waals surface area contributed by atoms with Gasteiger partial charge in [-0.2, -0.15) is 0 Å². The number of amides is 1. The van der Waals surface area contributed by atoms with Gasteiger partial charge in [-0.25, -0.2) is 4.79 Å². The third-order valence-corrected chi connectivity index (χ3v) is 4.76. The highest BCUT2D eigenvalue weighted by Gasteiger charge is 2.11. The van der Waals surface area contributed by atoms with E-state index in [1.54, 1.807) is 6.08 Å². The molecule has 0 fully saturated rings. The summed E-state index contributed by atoms with van der Waals surface area (Å²) in [6.07, 6.45) is 3.15. The smallest absolute Gasteiger partial charge is 0.336 e. The summed E-state index contributed by atoms with van der Waals surface area (Å²) >= 11 is 0. The van der Waals surface area contributed by atoms with E-state index in [2.05, 4.69) is 5.32 Å². The van der Waals surface area contributed by atoms with Crippen LogP contribution in [0.5, 0.6) is 0 Å². The van der Waals surface area contributed by atoms with Crippen LogP contribution in [0.4, 0.5) is 0 Å². The van der Waals surface area contributed by atoms with E-state index in [9.17, 15) is 14.4 Å². The first-order valence-corrected chi connectivity index (χ1v) is 9.63. The molecule has 0 bridgehead atoms. The molecule has 0 spiro atoms. The second-order valence-corrected chi connectivity index (χ2v) is 6.92. The summed E-state index contributed by atoms with van der Waals surface area (Å²) in [5, 5.41) is 3.38. The highest BCUT2D eigenvalue weighted by Crippen LogP contribution is 2.23. The lowest BCUT2D eigenvalue weighted by molar-refractivity contribution is -0.144. The van der Waals surface area contributed by atoms with Crippen LogP contribution in [0, 0.1) is 13.8 Å². The van der Waals surface area contributed by atoms with E-state index in [4.69, 9.17) is 9.15 Å². The van der Waals surface area contributed by atoms with Crippen molar-refractivity contribution in [1.82, 2.24) is 5.32 Å². The fraction of sp³-hybridized carbons (Fsp3) is 0.208. The SMILES string of the molecule is Cc1ccc2c(COC(=O)CCNC(=O)/C=C/c3ccccc3)cc(=O)oc2c1C. The molecule has 0 aliphatic rings. The summed E-state index contributed by atoms with van der Waals surface area (Å²) in [7, 11) is 0. The molecule has 3 rings (SSSR count). The van der Waals surface area contributed by atoms with Gasteiger partial charge in [-0.15, -0.1) is 0 Å². The van der Waals surface area contributed by atoms with Crippen LogP contribution in [0.15, 0.2) is 63.8 Å². The maximum absolute atomic E-state index is 12.0. The minimum atomic E-state index is -0.486. The summed E-state index contributed by atoms with van der Waals surface area (Å²) in [6.45, 7) is 3.94. The van der Waals surface area contributed by atoms with E-state index in [1.807, 2.05) is 56.3 Å². The Bertz CT molecular complexity index is 1150. The van der Waals surface area contributed by atoms with Gasteiger partial charge in [-0.1, -0.05) is 42.5 Å². The van der Waals surface area contributed by atoms with Crippen molar-refractivity contribution in [3.05, 3.63) is 87.3 Å². The molecule has 6 nitrogen and oxygen atoms in total. The second kappa shape index (κ2) is 9.69. The number of hydrogen-bond acceptors (Lipinski definition) is 5. The fourth-order valence-electron chi connectivity index (χ4n) is 2.96. The Kier molecular flexibility index (Phi) is 6.80. The number of nitrogens with one attached hydrogen (secondary N) is 1. The third kappa shape index (κ3) is 5.44. The Balaban J connectivity index is 1.52. The van der Waals surface area contributed by atoms with Crippen LogP contribution in [0.3, 0.4) is 0 Å². The van der Waals surface area contributed by atoms with Gasteiger partial charge in [0.25, 0.3) is 0 Å². The van der Waals surface area contributed by atoms with Crippen LogP contribution in [0.2, 0.25) is 0 Å². The molecule has 2 aromatic carbocycles. The Hall–Kier alpha value is -3.67. The Morgan fingerprint density at radius 3 is 2.63 bits per heavy atom. The highest BCUT2D eigenvalue weighted by atomic mass is 16.5. The Morgan fingerprint density at radius 1 is 1.10 bits per heavy atom. The number of esters is 1. The van der Waals surface area contributed by atoms with Crippen molar-refractivity contribution < 1.29 is 18.7 Å². The minimum Gasteiger partial charge on any atom is -0.461 e. The van der Waals surface area contributed by atoms with E-state index in [1.165, 1.54) is 12.1 Å². The first-order valence-electron chi connectivity index (χ1n) is 9.63. The molecule has 0 aliphatic heterocycles. The van der Waals surface area contributed by atoms with Gasteiger partial charge in [0.2, 0.25) is 5.91 Å². The number of rotatable bonds is 7. The molecule has 1 N–H and O–H groups in total. The summed E-state index contributed by atoms with van der Waals surface area (Å²) in [5.41, 5.74) is 3.41. The van der Waals surface area contributed by atoms with Gasteiger partial charge < -0.3 is 14.5 Å². The van der Waals surface area contributed by atoms with Crippen molar-refractivity contribution in [2.45, 2.75) is 26.9 Å². The number of carbonyl (C=O) groups excluding carboxylic acids is 2. The third-order valence-electron chi connectivity index (χ3n) is 4.76. The fourth-order valence-corrected chi connectivity index (χ4v) is 2.96. The quantitative estimate of drug-likeness (QED) is 0.368. The van der Waals surface area contributed by atoms with E-state index in [-0.39, 0.29) is 25.5 Å². The lowest BCUT2D eigenvalue weighted by Crippen LogP contribution is -2.24. The molecule has 1 aromatic heterocycles. The zero-order valence-electron chi connectivity index (χ0n) is 16.9. The molecular weight excluding hydrogens is 382 g/mol. The normalized spacial score (nSPS) is 11.0. The van der Waals surface area contributed by atoms with Gasteiger partial charge in [0.1, 0.15) is 12.2 Å². The number of carbonyl (C=O) groups is 2. The number of benzene rings is 2. The second-order valence-electron chi connectivity index (χ2n) is 6.92. The van der Waals surface area contributed by atoms with Crippen molar-refractivity contribution in [3.8, 4) is 0 Å². The van der Waals surface area contributed by atoms with E-state index >= 15 is 0 Å². The molecule has 0 radical (unpaired) electrons. The van der Waals surface area contributed by atoms with Crippen molar-refractivity contribution in [1.29, 1.82) is 0 Å². The summed E-state index contributed by atoms with van der Waals surface area (Å²) in [6, 6.07) is 14.6. The van der Waals surface area contributed by atoms with Crippen LogP contribution < -0.4 is 10.9 Å². The Morgan fingerprint density at radius 2 is 1.87 bits per heavy atom. The van der Waals surface area contributed by atoms with Crippen LogP contribution in [-0.4, -0.2) is 18.4 Å². The highest BCUT2D eigenvalue weighted by molar-refractivity contribution is 5.91. The molecule has 0 aliphatic carbocycles. The van der Waals surface area contributed by atoms with Gasteiger partial charge in [0.05, 0.1) is 6.42 Å². The largest absolute Gasteiger partial charge is 0.461 e. The zero-order valence-corrected chi connectivity index (χ0v) is 16.9. The molecule has 0 saturated heterocycles. The lowest BCUT2D eigenvalue weighted by Gasteiger charge is -2.10. The number of hydrogen-bond donors (Lipinski definition) is 1. The maximum Gasteiger partial charge on any atom is 0.336 e. The molecule has 1 amide bonds. The number of aryl methyl sites for hydroxylation is 2. The molecule has 0 unspecified atom stereocenters. The number of fused-ring (bicyclic) bond motifs is 1. The average molecular weight is 405 g/mol. The molecule has 30 heavy (non-hydrogen) atoms.